The van der Waals surface area contributed by atoms with Crippen molar-refractivity contribution in [3.8, 4) is 0 Å². The minimum Gasteiger partial charge on any atom is -0.481 e. The number of carbonyl (C=O) groups is 3. The topological polar surface area (TPSA) is 122 Å². The number of nitrogens with two attached hydrogens (primary N) is 1. The van der Waals surface area contributed by atoms with E-state index in [9.17, 15) is 14.4 Å². The molecular weight excluding hydrogens is 214 g/mol. The van der Waals surface area contributed by atoms with Crippen LogP contribution in [0.25, 0.3) is 0 Å². The Morgan fingerprint density at radius 2 is 1.94 bits per heavy atom. The van der Waals surface area contributed by atoms with Gasteiger partial charge in [0.05, 0.1) is 12.5 Å². The Labute approximate surface area is 93.4 Å². The lowest BCUT2D eigenvalue weighted by atomic mass is 10.0. The van der Waals surface area contributed by atoms with E-state index in [1.165, 1.54) is 0 Å². The van der Waals surface area contributed by atoms with Crippen LogP contribution in [0.2, 0.25) is 0 Å². The highest BCUT2D eigenvalue weighted by molar-refractivity contribution is 5.83. The maximum absolute atomic E-state index is 11.1. The molecule has 0 saturated carbocycles. The molecule has 0 aromatic heterocycles. The largest absolute Gasteiger partial charge is 0.481 e. The van der Waals surface area contributed by atoms with Gasteiger partial charge in [-0.15, -0.1) is 0 Å². The number of nitrogens with one attached hydrogen (secondary N) is 2. The van der Waals surface area contributed by atoms with E-state index in [4.69, 9.17) is 10.8 Å². The van der Waals surface area contributed by atoms with Gasteiger partial charge in [-0.2, -0.15) is 0 Å². The first-order chi connectivity index (χ1) is 7.47. The third-order valence-corrected chi connectivity index (χ3v) is 1.92. The van der Waals surface area contributed by atoms with Crippen LogP contribution in [0, 0.1) is 5.92 Å². The maximum Gasteiger partial charge on any atom is 0.315 e. The zero-order valence-corrected chi connectivity index (χ0v) is 9.16. The van der Waals surface area contributed by atoms with Crippen molar-refractivity contribution in [1.29, 1.82) is 0 Å². The van der Waals surface area contributed by atoms with E-state index in [-0.39, 0.29) is 13.1 Å². The summed E-state index contributed by atoms with van der Waals surface area (Å²) in [6.45, 7) is 1.63. The average Bonchev–Trinajstić information content (AvgIpc) is 2.20. The number of carboxylic acids is 1. The second-order valence-corrected chi connectivity index (χ2v) is 3.35. The number of primary amides is 1. The monoisotopic (exact) mass is 231 g/mol. The molecule has 1 unspecified atom stereocenters. The molecule has 7 nitrogen and oxygen atoms in total. The van der Waals surface area contributed by atoms with Gasteiger partial charge in [0.25, 0.3) is 0 Å². The smallest absolute Gasteiger partial charge is 0.315 e. The number of carbonyl (C=O) groups excluding carboxylic acids is 2. The normalized spacial score (nSPS) is 11.6. The first-order valence-corrected chi connectivity index (χ1v) is 5.00. The standard InChI is InChI=1S/C9H17N3O4/c1-2-3-6(8(14)15)4-11-9(16)12-5-7(10)13/h6H,2-5H2,1H3,(H2,10,13)(H,14,15)(H2,11,12,16). The quantitative estimate of drug-likeness (QED) is 0.461. The molecule has 0 radical (unpaired) electrons. The Kier molecular flexibility index (Phi) is 6.66. The van der Waals surface area contributed by atoms with E-state index in [1.54, 1.807) is 0 Å². The fraction of sp³-hybridized carbons (Fsp3) is 0.667. The van der Waals surface area contributed by atoms with Crippen LogP contribution in [0.5, 0.6) is 0 Å². The Balaban J connectivity index is 3.87. The van der Waals surface area contributed by atoms with Crippen LogP contribution < -0.4 is 16.4 Å². The van der Waals surface area contributed by atoms with Crippen molar-refractivity contribution in [2.75, 3.05) is 13.1 Å². The second-order valence-electron chi connectivity index (χ2n) is 3.35. The third-order valence-electron chi connectivity index (χ3n) is 1.92. The van der Waals surface area contributed by atoms with E-state index in [0.29, 0.717) is 6.42 Å². The molecule has 0 rings (SSSR count). The van der Waals surface area contributed by atoms with Crippen molar-refractivity contribution in [3.05, 3.63) is 0 Å². The SMILES string of the molecule is CCCC(CNC(=O)NCC(N)=O)C(=O)O. The molecule has 0 aliphatic rings. The minimum atomic E-state index is -0.947. The van der Waals surface area contributed by atoms with Gasteiger partial charge in [0.1, 0.15) is 0 Å². The van der Waals surface area contributed by atoms with E-state index in [0.717, 1.165) is 6.42 Å². The Bertz CT molecular complexity index is 267. The molecule has 0 aliphatic carbocycles. The van der Waals surface area contributed by atoms with Gasteiger partial charge in [0.2, 0.25) is 5.91 Å². The van der Waals surface area contributed by atoms with Gasteiger partial charge in [-0.1, -0.05) is 13.3 Å². The van der Waals surface area contributed by atoms with Gasteiger partial charge >= 0.3 is 12.0 Å². The fourth-order valence-electron chi connectivity index (χ4n) is 1.11. The number of hydrogen-bond acceptors (Lipinski definition) is 3. The summed E-state index contributed by atoms with van der Waals surface area (Å²) in [5.74, 6) is -2.21. The number of hydrogen-bond donors (Lipinski definition) is 4. The lowest BCUT2D eigenvalue weighted by Crippen LogP contribution is -2.43. The molecule has 1 atom stereocenters. The molecule has 5 N–H and O–H groups in total. The highest BCUT2D eigenvalue weighted by Crippen LogP contribution is 2.04. The highest BCUT2D eigenvalue weighted by Gasteiger charge is 2.16. The van der Waals surface area contributed by atoms with E-state index in [2.05, 4.69) is 10.6 Å². The van der Waals surface area contributed by atoms with Crippen LogP contribution >= 0.6 is 0 Å². The van der Waals surface area contributed by atoms with Gasteiger partial charge in [-0.25, -0.2) is 4.79 Å². The molecule has 0 aliphatic heterocycles. The van der Waals surface area contributed by atoms with Crippen LogP contribution in [0.15, 0.2) is 0 Å². The van der Waals surface area contributed by atoms with Gasteiger partial charge in [-0.05, 0) is 6.42 Å². The molecule has 0 aromatic rings. The van der Waals surface area contributed by atoms with Gasteiger partial charge in [0, 0.05) is 6.54 Å². The predicted octanol–water partition coefficient (Wildman–Crippen LogP) is -0.728. The molecule has 0 bridgehead atoms. The summed E-state index contributed by atoms with van der Waals surface area (Å²) in [5, 5.41) is 13.4. The molecule has 7 heteroatoms. The molecule has 3 amide bonds. The summed E-state index contributed by atoms with van der Waals surface area (Å²) in [5.41, 5.74) is 4.82. The zero-order chi connectivity index (χ0) is 12.6. The van der Waals surface area contributed by atoms with Crippen LogP contribution in [0.4, 0.5) is 4.79 Å². The lowest BCUT2D eigenvalue weighted by molar-refractivity contribution is -0.141. The van der Waals surface area contributed by atoms with Crippen LogP contribution in [0.3, 0.4) is 0 Å². The van der Waals surface area contributed by atoms with Crippen molar-refractivity contribution in [3.63, 3.8) is 0 Å². The van der Waals surface area contributed by atoms with Crippen LogP contribution in [-0.4, -0.2) is 36.1 Å². The Morgan fingerprint density at radius 1 is 1.31 bits per heavy atom. The number of amides is 3. The molecule has 0 spiro atoms. The van der Waals surface area contributed by atoms with E-state index >= 15 is 0 Å². The summed E-state index contributed by atoms with van der Waals surface area (Å²) in [6, 6.07) is -0.596. The van der Waals surface area contributed by atoms with Crippen molar-refractivity contribution < 1.29 is 19.5 Å². The maximum atomic E-state index is 11.1. The summed E-state index contributed by atoms with van der Waals surface area (Å²) < 4.78 is 0. The zero-order valence-electron chi connectivity index (χ0n) is 9.16. The summed E-state index contributed by atoms with van der Waals surface area (Å²) in [6.07, 6.45) is 1.22. The van der Waals surface area contributed by atoms with E-state index in [1.807, 2.05) is 6.92 Å². The Hall–Kier alpha value is -1.79. The second kappa shape index (κ2) is 7.49. The van der Waals surface area contributed by atoms with Gasteiger partial charge in [-0.3, -0.25) is 9.59 Å². The molecule has 0 saturated heterocycles. The first kappa shape index (κ1) is 14.2. The third kappa shape index (κ3) is 6.63. The molecular formula is C9H17N3O4. The van der Waals surface area contributed by atoms with Crippen LogP contribution in [-0.2, 0) is 9.59 Å². The molecule has 0 heterocycles. The van der Waals surface area contributed by atoms with Crippen LogP contribution in [0.1, 0.15) is 19.8 Å². The van der Waals surface area contributed by atoms with Crippen molar-refractivity contribution in [2.24, 2.45) is 11.7 Å². The van der Waals surface area contributed by atoms with Gasteiger partial charge in [0.15, 0.2) is 0 Å². The number of aliphatic carboxylic acids is 1. The van der Waals surface area contributed by atoms with E-state index < -0.39 is 23.8 Å². The number of urea groups is 1. The first-order valence-electron chi connectivity index (χ1n) is 5.00. The van der Waals surface area contributed by atoms with Crippen molar-refractivity contribution in [2.45, 2.75) is 19.8 Å². The number of carboxylic acid groups (broad SMARTS) is 1. The average molecular weight is 231 g/mol. The fourth-order valence-corrected chi connectivity index (χ4v) is 1.11. The molecule has 92 valence electrons. The molecule has 0 aromatic carbocycles. The highest BCUT2D eigenvalue weighted by atomic mass is 16.4. The summed E-state index contributed by atoms with van der Waals surface area (Å²) >= 11 is 0. The molecule has 0 fully saturated rings. The summed E-state index contributed by atoms with van der Waals surface area (Å²) in [4.78, 5) is 32.1. The molecule has 16 heavy (non-hydrogen) atoms. The van der Waals surface area contributed by atoms with Gasteiger partial charge < -0.3 is 21.5 Å². The van der Waals surface area contributed by atoms with Crippen molar-refractivity contribution >= 4 is 17.9 Å². The predicted molar refractivity (Wildman–Crippen MR) is 56.6 cm³/mol. The minimum absolute atomic E-state index is 0.0355. The summed E-state index contributed by atoms with van der Waals surface area (Å²) in [7, 11) is 0. The lowest BCUT2D eigenvalue weighted by Gasteiger charge is -2.12. The Morgan fingerprint density at radius 3 is 2.38 bits per heavy atom. The number of rotatable bonds is 7. The van der Waals surface area contributed by atoms with Crippen molar-refractivity contribution in [1.82, 2.24) is 10.6 Å².